The molecule has 0 unspecified atom stereocenters. The number of nitrogens with zero attached hydrogens (tertiary/aromatic N) is 1. The van der Waals surface area contributed by atoms with Crippen molar-refractivity contribution >= 4 is 17.4 Å². The van der Waals surface area contributed by atoms with Crippen LogP contribution >= 0.6 is 0 Å². The van der Waals surface area contributed by atoms with E-state index in [2.05, 4.69) is 0 Å². The molecule has 0 bridgehead atoms. The number of aryl methyl sites for hydroxylation is 1. The fraction of sp³-hybridized carbons (Fsp3) is 0.333. The first kappa shape index (κ1) is 24.1. The Balaban J connectivity index is 2.30. The summed E-state index contributed by atoms with van der Waals surface area (Å²) in [6, 6.07) is 8.69. The lowest BCUT2D eigenvalue weighted by atomic mass is 10.0. The first-order valence-electron chi connectivity index (χ1n) is 10.1. The molecule has 0 heterocycles. The van der Waals surface area contributed by atoms with E-state index in [0.29, 0.717) is 24.4 Å². The molecule has 0 saturated carbocycles. The number of carbonyl (C=O) groups excluding carboxylic acids is 1. The molecule has 2 aromatic carbocycles. The van der Waals surface area contributed by atoms with Crippen LogP contribution in [0.4, 0.5) is 8.78 Å². The van der Waals surface area contributed by atoms with Gasteiger partial charge in [0.15, 0.2) is 0 Å². The number of hydrogen-bond acceptors (Lipinski definition) is 3. The van der Waals surface area contributed by atoms with E-state index in [9.17, 15) is 18.4 Å². The Labute approximate surface area is 180 Å². The molecule has 0 aliphatic heterocycles. The van der Waals surface area contributed by atoms with E-state index in [1.54, 1.807) is 36.1 Å². The molecule has 31 heavy (non-hydrogen) atoms. The molecule has 0 radical (unpaired) electrons. The Morgan fingerprint density at radius 3 is 2.32 bits per heavy atom. The molecule has 166 valence electrons. The number of likely N-dealkylation sites (N-methyl/N-ethyl adjacent to an activating group) is 1. The Morgan fingerprint density at radius 1 is 1.10 bits per heavy atom. The number of aliphatic carboxylic acids is 1. The maximum atomic E-state index is 13.9. The first-order chi connectivity index (χ1) is 14.8. The van der Waals surface area contributed by atoms with Crippen molar-refractivity contribution in [3.8, 4) is 5.75 Å². The number of allylic oxidation sites excluding steroid dienone is 1. The maximum Gasteiger partial charge on any atom is 0.303 e. The summed E-state index contributed by atoms with van der Waals surface area (Å²) in [5.74, 6) is -2.16. The van der Waals surface area contributed by atoms with Crippen LogP contribution in [0.25, 0.3) is 5.57 Å². The smallest absolute Gasteiger partial charge is 0.303 e. The highest BCUT2D eigenvalue weighted by molar-refractivity contribution is 5.95. The van der Waals surface area contributed by atoms with Crippen molar-refractivity contribution in [2.45, 2.75) is 40.2 Å². The summed E-state index contributed by atoms with van der Waals surface area (Å²) in [4.78, 5) is 25.1. The van der Waals surface area contributed by atoms with Gasteiger partial charge in [-0.1, -0.05) is 12.1 Å². The zero-order valence-corrected chi connectivity index (χ0v) is 18.0. The number of ether oxygens (including phenoxy) is 1. The van der Waals surface area contributed by atoms with E-state index in [1.165, 1.54) is 6.07 Å². The minimum Gasteiger partial charge on any atom is -0.488 e. The van der Waals surface area contributed by atoms with Crippen LogP contribution in [-0.2, 0) is 22.6 Å². The van der Waals surface area contributed by atoms with Crippen molar-refractivity contribution in [1.29, 1.82) is 0 Å². The van der Waals surface area contributed by atoms with E-state index < -0.39 is 17.6 Å². The summed E-state index contributed by atoms with van der Waals surface area (Å²) in [6.07, 6.45) is 1.59. The van der Waals surface area contributed by atoms with E-state index >= 15 is 0 Å². The molecular weight excluding hydrogens is 404 g/mol. The Kier molecular flexibility index (Phi) is 8.73. The Bertz CT molecular complexity index is 948. The van der Waals surface area contributed by atoms with Gasteiger partial charge in [-0.25, -0.2) is 8.78 Å². The van der Waals surface area contributed by atoms with E-state index in [4.69, 9.17) is 9.84 Å². The predicted molar refractivity (Wildman–Crippen MR) is 115 cm³/mol. The van der Waals surface area contributed by atoms with Gasteiger partial charge in [0, 0.05) is 25.6 Å². The van der Waals surface area contributed by atoms with Crippen LogP contribution in [0.3, 0.4) is 0 Å². The third-order valence-corrected chi connectivity index (χ3v) is 4.97. The van der Waals surface area contributed by atoms with Gasteiger partial charge in [0.1, 0.15) is 24.0 Å². The third kappa shape index (κ3) is 6.64. The van der Waals surface area contributed by atoms with Crippen molar-refractivity contribution in [3.63, 3.8) is 0 Å². The van der Waals surface area contributed by atoms with Gasteiger partial charge in [-0.3, -0.25) is 9.59 Å². The van der Waals surface area contributed by atoms with Gasteiger partial charge in [-0.2, -0.15) is 0 Å². The quantitative estimate of drug-likeness (QED) is 0.547. The fourth-order valence-electron chi connectivity index (χ4n) is 3.12. The van der Waals surface area contributed by atoms with Crippen LogP contribution in [0.5, 0.6) is 5.75 Å². The zero-order chi connectivity index (χ0) is 23.0. The molecule has 0 aromatic heterocycles. The number of carboxylic acids is 1. The lowest BCUT2D eigenvalue weighted by Gasteiger charge is -2.17. The molecule has 0 aliphatic carbocycles. The molecule has 0 saturated heterocycles. The van der Waals surface area contributed by atoms with Crippen molar-refractivity contribution < 1.29 is 28.2 Å². The van der Waals surface area contributed by atoms with Crippen LogP contribution in [-0.4, -0.2) is 35.0 Å². The summed E-state index contributed by atoms with van der Waals surface area (Å²) >= 11 is 0. The zero-order valence-electron chi connectivity index (χ0n) is 18.0. The summed E-state index contributed by atoms with van der Waals surface area (Å²) in [5.41, 5.74) is 1.85. The molecule has 0 fully saturated rings. The lowest BCUT2D eigenvalue weighted by Crippen LogP contribution is -2.28. The molecule has 2 rings (SSSR count). The van der Waals surface area contributed by atoms with Gasteiger partial charge in [0.2, 0.25) is 5.91 Å². The van der Waals surface area contributed by atoms with Gasteiger partial charge in [0.05, 0.1) is 5.56 Å². The Morgan fingerprint density at radius 2 is 1.74 bits per heavy atom. The van der Waals surface area contributed by atoms with E-state index in [1.807, 2.05) is 13.8 Å². The first-order valence-corrected chi connectivity index (χ1v) is 10.1. The summed E-state index contributed by atoms with van der Waals surface area (Å²) < 4.78 is 33.4. The molecule has 5 nitrogen and oxygen atoms in total. The van der Waals surface area contributed by atoms with E-state index in [-0.39, 0.29) is 30.9 Å². The van der Waals surface area contributed by atoms with Crippen LogP contribution < -0.4 is 4.74 Å². The number of benzene rings is 2. The third-order valence-electron chi connectivity index (χ3n) is 4.97. The monoisotopic (exact) mass is 431 g/mol. The molecule has 1 N–H and O–H groups in total. The molecule has 0 spiro atoms. The number of amides is 1. The van der Waals surface area contributed by atoms with Crippen molar-refractivity contribution in [1.82, 2.24) is 4.90 Å². The molecular formula is C24H27F2NO4. The molecule has 2 aromatic rings. The average molecular weight is 431 g/mol. The number of rotatable bonds is 10. The second kappa shape index (κ2) is 11.2. The normalized spacial score (nSPS) is 11.3. The summed E-state index contributed by atoms with van der Waals surface area (Å²) in [5, 5.41) is 9.06. The fourth-order valence-corrected chi connectivity index (χ4v) is 3.12. The topological polar surface area (TPSA) is 66.8 Å². The van der Waals surface area contributed by atoms with Crippen LogP contribution in [0.2, 0.25) is 0 Å². The number of carbonyl (C=O) groups is 2. The maximum absolute atomic E-state index is 13.9. The average Bonchev–Trinajstić information content (AvgIpc) is 2.73. The molecule has 0 aliphatic rings. The van der Waals surface area contributed by atoms with E-state index in [0.717, 1.165) is 23.3 Å². The highest BCUT2D eigenvalue weighted by atomic mass is 19.1. The van der Waals surface area contributed by atoms with Crippen molar-refractivity contribution in [3.05, 3.63) is 70.8 Å². The molecule has 0 atom stereocenters. The highest BCUT2D eigenvalue weighted by Gasteiger charge is 2.14. The van der Waals surface area contributed by atoms with Crippen LogP contribution in [0.1, 0.15) is 43.9 Å². The minimum absolute atomic E-state index is 0.107. The summed E-state index contributed by atoms with van der Waals surface area (Å²) in [7, 11) is 0. The van der Waals surface area contributed by atoms with Crippen LogP contribution in [0.15, 0.2) is 42.5 Å². The largest absolute Gasteiger partial charge is 0.488 e. The Hall–Kier alpha value is -3.22. The van der Waals surface area contributed by atoms with Gasteiger partial charge in [-0.05, 0) is 68.2 Å². The van der Waals surface area contributed by atoms with Crippen molar-refractivity contribution in [2.24, 2.45) is 0 Å². The van der Waals surface area contributed by atoms with Crippen LogP contribution in [0, 0.1) is 11.6 Å². The number of carboxylic acid groups (broad SMARTS) is 1. The number of halogens is 2. The lowest BCUT2D eigenvalue weighted by molar-refractivity contribution is -0.137. The predicted octanol–water partition coefficient (Wildman–Crippen LogP) is 4.83. The highest BCUT2D eigenvalue weighted by Crippen LogP contribution is 2.27. The standard InChI is InChI=1S/C24H27F2NO4/c1-4-27(5-2)23(28)13-16(3)17-9-11-22(18(14-17)10-12-24(29)30)31-15-19-20(25)7-6-8-21(19)26/h6-9,11,13-14H,4-5,10,12,15H2,1-3H3,(H,29,30)/b16-13+. The second-order valence-electron chi connectivity index (χ2n) is 7.04. The van der Waals surface area contributed by atoms with Gasteiger partial charge in [-0.15, -0.1) is 0 Å². The SMILES string of the molecule is CCN(CC)C(=O)/C=C(\C)c1ccc(OCc2c(F)cccc2F)c(CCC(=O)O)c1. The van der Waals surface area contributed by atoms with Gasteiger partial charge < -0.3 is 14.7 Å². The summed E-state index contributed by atoms with van der Waals surface area (Å²) in [6.45, 7) is 6.48. The number of hydrogen-bond donors (Lipinski definition) is 1. The molecule has 7 heteroatoms. The molecule has 1 amide bonds. The van der Waals surface area contributed by atoms with Crippen molar-refractivity contribution in [2.75, 3.05) is 13.1 Å². The van der Waals surface area contributed by atoms with Gasteiger partial charge in [0.25, 0.3) is 0 Å². The second-order valence-corrected chi connectivity index (χ2v) is 7.04. The minimum atomic E-state index is -0.972. The van der Waals surface area contributed by atoms with Gasteiger partial charge >= 0.3 is 5.97 Å².